The average molecular weight is 499 g/mol. The van der Waals surface area contributed by atoms with E-state index in [1.54, 1.807) is 30.2 Å². The van der Waals surface area contributed by atoms with Gasteiger partial charge in [0.25, 0.3) is 5.56 Å². The van der Waals surface area contributed by atoms with Crippen LogP contribution in [0.15, 0.2) is 51.9 Å². The second-order valence-electron chi connectivity index (χ2n) is 8.82. The number of rotatable bonds is 5. The quantitative estimate of drug-likeness (QED) is 0.529. The fourth-order valence-electron chi connectivity index (χ4n) is 4.51. The third-order valence-electron chi connectivity index (χ3n) is 6.52. The number of aryl methyl sites for hydroxylation is 1. The summed E-state index contributed by atoms with van der Waals surface area (Å²) in [5.74, 6) is -1.17. The molecular weight excluding hydrogens is 474 g/mol. The zero-order valence-corrected chi connectivity index (χ0v) is 19.9. The number of piperidine rings is 1. The van der Waals surface area contributed by atoms with Crippen molar-refractivity contribution in [2.24, 2.45) is 5.16 Å². The van der Waals surface area contributed by atoms with E-state index in [2.05, 4.69) is 5.16 Å². The number of carbonyl (C=O) groups is 1. The van der Waals surface area contributed by atoms with Crippen molar-refractivity contribution in [2.45, 2.75) is 44.8 Å². The second kappa shape index (κ2) is 9.69. The number of benzene rings is 1. The predicted molar refractivity (Wildman–Crippen MR) is 127 cm³/mol. The number of thiazole rings is 1. The van der Waals surface area contributed by atoms with Crippen molar-refractivity contribution in [3.05, 3.63) is 85.7 Å². The highest BCUT2D eigenvalue weighted by Gasteiger charge is 2.31. The molecule has 182 valence electrons. The summed E-state index contributed by atoms with van der Waals surface area (Å²) in [5.41, 5.74) is 1.57. The predicted octanol–water partition coefficient (Wildman–Crippen LogP) is 4.16. The topological polar surface area (TPSA) is 76.8 Å². The lowest BCUT2D eigenvalue weighted by Gasteiger charge is -2.31. The van der Waals surface area contributed by atoms with Crippen LogP contribution in [-0.4, -0.2) is 39.2 Å². The molecule has 0 aliphatic carbocycles. The van der Waals surface area contributed by atoms with E-state index < -0.39 is 17.7 Å². The zero-order chi connectivity index (χ0) is 24.5. The minimum atomic E-state index is -0.813. The lowest BCUT2D eigenvalue weighted by molar-refractivity contribution is -0.132. The summed E-state index contributed by atoms with van der Waals surface area (Å²) in [6.45, 7) is 2.96. The van der Waals surface area contributed by atoms with Crippen LogP contribution in [0.2, 0.25) is 0 Å². The highest BCUT2D eigenvalue weighted by molar-refractivity contribution is 7.10. The molecule has 5 rings (SSSR count). The zero-order valence-electron chi connectivity index (χ0n) is 19.1. The van der Waals surface area contributed by atoms with Gasteiger partial charge in [0.1, 0.15) is 23.9 Å². The van der Waals surface area contributed by atoms with E-state index in [-0.39, 0.29) is 35.9 Å². The summed E-state index contributed by atoms with van der Waals surface area (Å²) in [6, 6.07) is 7.23. The number of pyridine rings is 1. The van der Waals surface area contributed by atoms with Crippen molar-refractivity contribution in [2.75, 3.05) is 13.1 Å². The first kappa shape index (κ1) is 23.3. The van der Waals surface area contributed by atoms with Gasteiger partial charge in [0, 0.05) is 42.6 Å². The summed E-state index contributed by atoms with van der Waals surface area (Å²) in [4.78, 5) is 36.8. The van der Waals surface area contributed by atoms with Gasteiger partial charge >= 0.3 is 0 Å². The molecular formula is C25H24F2N4O3S. The molecule has 1 fully saturated rings. The Kier molecular flexibility index (Phi) is 6.46. The first-order chi connectivity index (χ1) is 16.9. The number of carbonyl (C=O) groups excluding carboxylic acids is 1. The first-order valence-electron chi connectivity index (χ1n) is 11.5. The third kappa shape index (κ3) is 4.75. The molecule has 2 aliphatic heterocycles. The van der Waals surface area contributed by atoms with Gasteiger partial charge in [-0.15, -0.1) is 11.3 Å². The average Bonchev–Trinajstić information content (AvgIpc) is 3.52. The number of hydrogen-bond acceptors (Lipinski definition) is 6. The SMILES string of the molecule is Cc1cccn(CC(=O)N2CCC(c3nc(C4=NOC(c5c(F)cccc5F)C4)cs3)CC2)c1=O. The fraction of sp³-hybridized carbons (Fsp3) is 0.360. The number of hydrogen-bond donors (Lipinski definition) is 0. The summed E-state index contributed by atoms with van der Waals surface area (Å²) in [6.07, 6.45) is 2.61. The summed E-state index contributed by atoms with van der Waals surface area (Å²) in [5, 5.41) is 6.88. The van der Waals surface area contributed by atoms with Crippen LogP contribution in [0.5, 0.6) is 0 Å². The lowest BCUT2D eigenvalue weighted by atomic mass is 9.97. The molecule has 1 aromatic carbocycles. The molecule has 0 bridgehead atoms. The van der Waals surface area contributed by atoms with Gasteiger partial charge in [0.15, 0.2) is 6.10 Å². The van der Waals surface area contributed by atoms with Crippen LogP contribution in [0.25, 0.3) is 0 Å². The molecule has 7 nitrogen and oxygen atoms in total. The Bertz CT molecular complexity index is 1320. The van der Waals surface area contributed by atoms with Crippen LogP contribution in [0.1, 0.15) is 53.1 Å². The first-order valence-corrected chi connectivity index (χ1v) is 12.3. The summed E-state index contributed by atoms with van der Waals surface area (Å²) >= 11 is 1.52. The highest BCUT2D eigenvalue weighted by Crippen LogP contribution is 2.35. The Morgan fingerprint density at radius 1 is 1.17 bits per heavy atom. The van der Waals surface area contributed by atoms with E-state index in [1.165, 1.54) is 34.1 Å². The maximum absolute atomic E-state index is 14.1. The van der Waals surface area contributed by atoms with Gasteiger partial charge in [0.05, 0.1) is 16.3 Å². The molecule has 2 aliphatic rings. The Labute approximate surface area is 204 Å². The second-order valence-corrected chi connectivity index (χ2v) is 9.71. The van der Waals surface area contributed by atoms with Crippen molar-refractivity contribution < 1.29 is 18.4 Å². The van der Waals surface area contributed by atoms with Crippen LogP contribution < -0.4 is 5.56 Å². The smallest absolute Gasteiger partial charge is 0.253 e. The molecule has 0 saturated carbocycles. The largest absolute Gasteiger partial charge is 0.387 e. The standard InChI is InChI=1S/C25H24F2N4O3S/c1-15-4-3-9-31(25(15)33)13-22(32)30-10-7-16(8-11-30)24-28-20(14-35-24)19-12-21(34-29-19)23-17(26)5-2-6-18(23)27/h2-6,9,14,16,21H,7-8,10-13H2,1H3. The third-order valence-corrected chi connectivity index (χ3v) is 7.53. The molecule has 35 heavy (non-hydrogen) atoms. The van der Waals surface area contributed by atoms with Gasteiger partial charge < -0.3 is 14.3 Å². The van der Waals surface area contributed by atoms with Gasteiger partial charge in [-0.1, -0.05) is 17.3 Å². The van der Waals surface area contributed by atoms with Crippen molar-refractivity contribution in [3.63, 3.8) is 0 Å². The van der Waals surface area contributed by atoms with Gasteiger partial charge in [-0.3, -0.25) is 9.59 Å². The monoisotopic (exact) mass is 498 g/mol. The molecule has 1 atom stereocenters. The van der Waals surface area contributed by atoms with E-state index in [9.17, 15) is 18.4 Å². The minimum Gasteiger partial charge on any atom is -0.387 e. The Morgan fingerprint density at radius 3 is 2.66 bits per heavy atom. The van der Waals surface area contributed by atoms with E-state index in [0.717, 1.165) is 17.8 Å². The molecule has 0 spiro atoms. The van der Waals surface area contributed by atoms with Gasteiger partial charge in [-0.05, 0) is 38.0 Å². The minimum absolute atomic E-state index is 0.0379. The molecule has 4 heterocycles. The summed E-state index contributed by atoms with van der Waals surface area (Å²) < 4.78 is 29.6. The maximum Gasteiger partial charge on any atom is 0.253 e. The highest BCUT2D eigenvalue weighted by atomic mass is 32.1. The van der Waals surface area contributed by atoms with Crippen molar-refractivity contribution in [1.82, 2.24) is 14.5 Å². The van der Waals surface area contributed by atoms with Crippen LogP contribution in [0, 0.1) is 18.6 Å². The number of likely N-dealkylation sites (tertiary alicyclic amines) is 1. The number of aromatic nitrogens is 2. The van der Waals surface area contributed by atoms with Crippen LogP contribution in [-0.2, 0) is 16.2 Å². The molecule has 10 heteroatoms. The van der Waals surface area contributed by atoms with Crippen molar-refractivity contribution in [1.29, 1.82) is 0 Å². The van der Waals surface area contributed by atoms with E-state index >= 15 is 0 Å². The van der Waals surface area contributed by atoms with E-state index in [4.69, 9.17) is 9.82 Å². The fourth-order valence-corrected chi connectivity index (χ4v) is 5.51. The Morgan fingerprint density at radius 2 is 1.91 bits per heavy atom. The number of oxime groups is 1. The van der Waals surface area contributed by atoms with Crippen molar-refractivity contribution in [3.8, 4) is 0 Å². The normalized spacial score (nSPS) is 18.4. The number of nitrogens with zero attached hydrogens (tertiary/aromatic N) is 4. The van der Waals surface area contributed by atoms with Crippen LogP contribution in [0.4, 0.5) is 8.78 Å². The van der Waals surface area contributed by atoms with E-state index in [0.29, 0.717) is 30.1 Å². The molecule has 1 amide bonds. The van der Waals surface area contributed by atoms with E-state index in [1.807, 2.05) is 5.38 Å². The molecule has 3 aromatic rings. The maximum atomic E-state index is 14.1. The Hall–Kier alpha value is -3.40. The lowest BCUT2D eigenvalue weighted by Crippen LogP contribution is -2.41. The Balaban J connectivity index is 1.18. The van der Waals surface area contributed by atoms with Gasteiger partial charge in [-0.2, -0.15) is 0 Å². The van der Waals surface area contributed by atoms with Gasteiger partial charge in [-0.25, -0.2) is 13.8 Å². The molecule has 0 radical (unpaired) electrons. The molecule has 2 aromatic heterocycles. The van der Waals surface area contributed by atoms with Crippen LogP contribution in [0.3, 0.4) is 0 Å². The van der Waals surface area contributed by atoms with Crippen molar-refractivity contribution >= 4 is 23.0 Å². The molecule has 0 N–H and O–H groups in total. The molecule has 1 unspecified atom stereocenters. The molecule has 1 saturated heterocycles. The number of halogens is 2. The van der Waals surface area contributed by atoms with Gasteiger partial charge in [0.2, 0.25) is 5.91 Å². The van der Waals surface area contributed by atoms with Crippen LogP contribution >= 0.6 is 11.3 Å². The summed E-state index contributed by atoms with van der Waals surface area (Å²) in [7, 11) is 0. The number of amides is 1.